The summed E-state index contributed by atoms with van der Waals surface area (Å²) in [5.74, 6) is 1.15. The van der Waals surface area contributed by atoms with Crippen molar-refractivity contribution in [3.63, 3.8) is 0 Å². The van der Waals surface area contributed by atoms with Crippen molar-refractivity contribution in [2.45, 2.75) is 19.4 Å². The first-order valence-electron chi connectivity index (χ1n) is 9.96. The van der Waals surface area contributed by atoms with Gasteiger partial charge in [0.2, 0.25) is 0 Å². The van der Waals surface area contributed by atoms with Gasteiger partial charge in [-0.05, 0) is 60.7 Å². The van der Waals surface area contributed by atoms with Gasteiger partial charge >= 0.3 is 0 Å². The van der Waals surface area contributed by atoms with Crippen LogP contribution in [0.3, 0.4) is 0 Å². The molecular weight excluding hydrogens is 378 g/mol. The normalized spacial score (nSPS) is 12.8. The van der Waals surface area contributed by atoms with E-state index >= 15 is 0 Å². The molecule has 1 saturated carbocycles. The first-order chi connectivity index (χ1) is 14.7. The quantitative estimate of drug-likeness (QED) is 0.537. The molecule has 0 saturated heterocycles. The fourth-order valence-corrected chi connectivity index (χ4v) is 2.95. The minimum Gasteiger partial charge on any atom is -0.370 e. The van der Waals surface area contributed by atoms with Gasteiger partial charge in [-0.15, -0.1) is 0 Å². The van der Waals surface area contributed by atoms with Gasteiger partial charge in [-0.25, -0.2) is 4.98 Å². The fraction of sp³-hybridized carbons (Fsp3) is 0.217. The Hall–Kier alpha value is -3.74. The van der Waals surface area contributed by atoms with E-state index in [1.54, 1.807) is 36.8 Å². The predicted molar refractivity (Wildman–Crippen MR) is 115 cm³/mol. The summed E-state index contributed by atoms with van der Waals surface area (Å²) >= 11 is 0. The lowest BCUT2D eigenvalue weighted by molar-refractivity contribution is 0.0949. The Bertz CT molecular complexity index is 1020. The van der Waals surface area contributed by atoms with E-state index in [1.807, 2.05) is 30.3 Å². The van der Waals surface area contributed by atoms with Crippen LogP contribution in [0.4, 0.5) is 11.5 Å². The molecule has 1 aliphatic rings. The van der Waals surface area contributed by atoms with Crippen LogP contribution < -0.4 is 16.0 Å². The summed E-state index contributed by atoms with van der Waals surface area (Å²) in [4.78, 5) is 32.9. The zero-order chi connectivity index (χ0) is 20.8. The number of pyridine rings is 2. The molecule has 7 heteroatoms. The minimum atomic E-state index is -0.208. The van der Waals surface area contributed by atoms with E-state index in [0.29, 0.717) is 23.4 Å². The van der Waals surface area contributed by atoms with Gasteiger partial charge in [0.1, 0.15) is 5.82 Å². The summed E-state index contributed by atoms with van der Waals surface area (Å²) < 4.78 is 0. The molecule has 0 spiro atoms. The van der Waals surface area contributed by atoms with Crippen LogP contribution in [-0.4, -0.2) is 28.3 Å². The van der Waals surface area contributed by atoms with Crippen molar-refractivity contribution < 1.29 is 9.59 Å². The summed E-state index contributed by atoms with van der Waals surface area (Å²) in [6.45, 7) is 1.28. The van der Waals surface area contributed by atoms with Gasteiger partial charge in [-0.3, -0.25) is 14.6 Å². The Labute approximate surface area is 175 Å². The Morgan fingerprint density at radius 3 is 2.53 bits per heavy atom. The molecule has 2 amide bonds. The molecule has 7 nitrogen and oxygen atoms in total. The van der Waals surface area contributed by atoms with Crippen molar-refractivity contribution in [2.75, 3.05) is 17.2 Å². The third-order valence-corrected chi connectivity index (χ3v) is 4.87. The minimum absolute atomic E-state index is 0.192. The van der Waals surface area contributed by atoms with Crippen molar-refractivity contribution in [3.8, 4) is 0 Å². The Morgan fingerprint density at radius 2 is 1.80 bits per heavy atom. The van der Waals surface area contributed by atoms with Crippen LogP contribution in [-0.2, 0) is 6.54 Å². The Morgan fingerprint density at radius 1 is 0.967 bits per heavy atom. The molecule has 1 aliphatic carbocycles. The highest BCUT2D eigenvalue weighted by molar-refractivity contribution is 6.04. The summed E-state index contributed by atoms with van der Waals surface area (Å²) in [5.41, 5.74) is 2.59. The second kappa shape index (κ2) is 9.17. The van der Waals surface area contributed by atoms with Crippen molar-refractivity contribution in [1.82, 2.24) is 15.3 Å². The second-order valence-electron chi connectivity index (χ2n) is 7.33. The number of carbonyl (C=O) groups excluding carboxylic acids is 2. The second-order valence-corrected chi connectivity index (χ2v) is 7.33. The van der Waals surface area contributed by atoms with Crippen LogP contribution in [0.5, 0.6) is 0 Å². The zero-order valence-corrected chi connectivity index (χ0v) is 16.5. The predicted octanol–water partition coefficient (Wildman–Crippen LogP) is 3.48. The molecule has 0 unspecified atom stereocenters. The average Bonchev–Trinajstić information content (AvgIpc) is 3.62. The summed E-state index contributed by atoms with van der Waals surface area (Å²) in [7, 11) is 0. The van der Waals surface area contributed by atoms with Gasteiger partial charge in [0, 0.05) is 42.9 Å². The molecule has 3 N–H and O–H groups in total. The smallest absolute Gasteiger partial charge is 0.255 e. The lowest BCUT2D eigenvalue weighted by Crippen LogP contribution is -2.23. The van der Waals surface area contributed by atoms with Crippen LogP contribution in [0.15, 0.2) is 67.1 Å². The standard InChI is InChI=1S/C23H23N5O2/c29-22(19-6-7-21(26-15-19)25-13-16-4-5-16)27-14-17-2-1-3-20(12-17)28-23(30)18-8-10-24-11-9-18/h1-3,6-12,15-16H,4-5,13-14H2,(H,25,26)(H,27,29)(H,28,30). The number of nitrogens with one attached hydrogen (secondary N) is 3. The number of hydrogen-bond acceptors (Lipinski definition) is 5. The van der Waals surface area contributed by atoms with E-state index in [1.165, 1.54) is 12.8 Å². The molecule has 4 rings (SSSR count). The number of rotatable bonds is 8. The molecule has 1 aromatic carbocycles. The Balaban J connectivity index is 1.30. The van der Waals surface area contributed by atoms with Gasteiger partial charge in [-0.2, -0.15) is 0 Å². The van der Waals surface area contributed by atoms with Crippen molar-refractivity contribution in [3.05, 3.63) is 83.8 Å². The highest BCUT2D eigenvalue weighted by atomic mass is 16.2. The molecular formula is C23H23N5O2. The third-order valence-electron chi connectivity index (χ3n) is 4.87. The summed E-state index contributed by atoms with van der Waals surface area (Å²) in [6, 6.07) is 14.3. The van der Waals surface area contributed by atoms with Crippen LogP contribution in [0, 0.1) is 5.92 Å². The van der Waals surface area contributed by atoms with Crippen LogP contribution >= 0.6 is 0 Å². The van der Waals surface area contributed by atoms with E-state index in [2.05, 4.69) is 25.9 Å². The van der Waals surface area contributed by atoms with Crippen LogP contribution in [0.2, 0.25) is 0 Å². The van der Waals surface area contributed by atoms with Gasteiger partial charge in [0.05, 0.1) is 5.56 Å². The maximum absolute atomic E-state index is 12.4. The lowest BCUT2D eigenvalue weighted by Gasteiger charge is -2.09. The first-order valence-corrected chi connectivity index (χ1v) is 9.96. The maximum Gasteiger partial charge on any atom is 0.255 e. The SMILES string of the molecule is O=C(NCc1cccc(NC(=O)c2ccncc2)c1)c1ccc(NCC2CC2)nc1. The summed E-state index contributed by atoms with van der Waals surface area (Å²) in [5, 5.41) is 9.02. The molecule has 2 aromatic heterocycles. The van der Waals surface area contributed by atoms with Crippen molar-refractivity contribution in [2.24, 2.45) is 5.92 Å². The van der Waals surface area contributed by atoms with E-state index in [9.17, 15) is 9.59 Å². The highest BCUT2D eigenvalue weighted by Gasteiger charge is 2.20. The topological polar surface area (TPSA) is 96.0 Å². The largest absolute Gasteiger partial charge is 0.370 e. The van der Waals surface area contributed by atoms with Gasteiger partial charge in [0.15, 0.2) is 0 Å². The molecule has 3 aromatic rings. The van der Waals surface area contributed by atoms with Crippen molar-refractivity contribution in [1.29, 1.82) is 0 Å². The number of nitrogens with zero attached hydrogens (tertiary/aromatic N) is 2. The molecule has 1 fully saturated rings. The number of amides is 2. The monoisotopic (exact) mass is 401 g/mol. The highest BCUT2D eigenvalue weighted by Crippen LogP contribution is 2.28. The number of carbonyl (C=O) groups is 2. The van der Waals surface area contributed by atoms with Crippen LogP contribution in [0.25, 0.3) is 0 Å². The number of aromatic nitrogens is 2. The Kier molecular flexibility index (Phi) is 5.98. The molecule has 0 atom stereocenters. The lowest BCUT2D eigenvalue weighted by atomic mass is 10.1. The number of anilines is 2. The van der Waals surface area contributed by atoms with Gasteiger partial charge in [-0.1, -0.05) is 12.1 Å². The van der Waals surface area contributed by atoms with Crippen molar-refractivity contribution >= 4 is 23.3 Å². The molecule has 0 bridgehead atoms. The molecule has 30 heavy (non-hydrogen) atoms. The molecule has 0 aliphatic heterocycles. The van der Waals surface area contributed by atoms with Gasteiger partial charge < -0.3 is 16.0 Å². The maximum atomic E-state index is 12.4. The third kappa shape index (κ3) is 5.41. The molecule has 0 radical (unpaired) electrons. The molecule has 152 valence electrons. The van der Waals surface area contributed by atoms with E-state index < -0.39 is 0 Å². The zero-order valence-electron chi connectivity index (χ0n) is 16.5. The molecule has 2 heterocycles. The van der Waals surface area contributed by atoms with Gasteiger partial charge in [0.25, 0.3) is 11.8 Å². The van der Waals surface area contributed by atoms with E-state index in [-0.39, 0.29) is 11.8 Å². The van der Waals surface area contributed by atoms with Crippen LogP contribution in [0.1, 0.15) is 39.1 Å². The first kappa shape index (κ1) is 19.6. The summed E-state index contributed by atoms with van der Waals surface area (Å²) in [6.07, 6.45) is 7.29. The number of hydrogen-bond donors (Lipinski definition) is 3. The number of benzene rings is 1. The van der Waals surface area contributed by atoms with E-state index in [0.717, 1.165) is 23.8 Å². The fourth-order valence-electron chi connectivity index (χ4n) is 2.95. The average molecular weight is 401 g/mol. The van der Waals surface area contributed by atoms with E-state index in [4.69, 9.17) is 0 Å².